The molecule has 0 unspecified atom stereocenters. The average molecular weight is 327 g/mol. The minimum Gasteiger partial charge on any atom is -0.381 e. The lowest BCUT2D eigenvalue weighted by molar-refractivity contribution is 0.0531. The molecule has 0 atom stereocenters. The molecule has 0 saturated carbocycles. The molecule has 1 heterocycles. The van der Waals surface area contributed by atoms with Gasteiger partial charge < -0.3 is 15.8 Å². The van der Waals surface area contributed by atoms with E-state index in [1.807, 2.05) is 42.5 Å². The number of nitrogens with zero attached hydrogens (tertiary/aromatic N) is 1. The van der Waals surface area contributed by atoms with Crippen LogP contribution in [0.1, 0.15) is 18.4 Å². The van der Waals surface area contributed by atoms with Crippen LogP contribution in [0.3, 0.4) is 0 Å². The molecule has 5 heteroatoms. The third kappa shape index (κ3) is 3.92. The Bertz CT molecular complexity index is 680. The summed E-state index contributed by atoms with van der Waals surface area (Å²) in [5.41, 5.74) is 7.86. The van der Waals surface area contributed by atoms with Gasteiger partial charge in [0, 0.05) is 24.3 Å². The monoisotopic (exact) mass is 327 g/mol. The Morgan fingerprint density at radius 2 is 1.75 bits per heavy atom. The molecule has 1 aliphatic rings. The number of ether oxygens (including phenoxy) is 1. The maximum atomic E-state index is 13.3. The number of rotatable bonds is 4. The van der Waals surface area contributed by atoms with Gasteiger partial charge in [-0.1, -0.05) is 30.3 Å². The van der Waals surface area contributed by atoms with Gasteiger partial charge in [-0.3, -0.25) is 4.99 Å². The zero-order valence-electron chi connectivity index (χ0n) is 13.5. The minimum atomic E-state index is -0.227. The van der Waals surface area contributed by atoms with Crippen LogP contribution in [-0.4, -0.2) is 25.7 Å². The van der Waals surface area contributed by atoms with E-state index in [4.69, 9.17) is 10.5 Å². The summed E-state index contributed by atoms with van der Waals surface area (Å²) in [6.45, 7) is 1.91. The second-order valence-corrected chi connectivity index (χ2v) is 6.09. The summed E-state index contributed by atoms with van der Waals surface area (Å²) in [5, 5.41) is 3.10. The maximum absolute atomic E-state index is 13.3. The summed E-state index contributed by atoms with van der Waals surface area (Å²) in [4.78, 5) is 4.55. The number of hydrogen-bond acceptors (Lipinski definition) is 2. The van der Waals surface area contributed by atoms with Gasteiger partial charge in [0.1, 0.15) is 5.82 Å². The van der Waals surface area contributed by atoms with Crippen LogP contribution in [0.25, 0.3) is 0 Å². The second-order valence-electron chi connectivity index (χ2n) is 6.09. The van der Waals surface area contributed by atoms with Gasteiger partial charge in [-0.05, 0) is 42.7 Å². The van der Waals surface area contributed by atoms with E-state index in [1.54, 1.807) is 0 Å². The summed E-state index contributed by atoms with van der Waals surface area (Å²) in [6, 6.07) is 16.4. The normalized spacial score (nSPS) is 17.5. The highest BCUT2D eigenvalue weighted by molar-refractivity contribution is 5.92. The highest BCUT2D eigenvalue weighted by Crippen LogP contribution is 2.35. The lowest BCUT2D eigenvalue weighted by Gasteiger charge is -2.36. The van der Waals surface area contributed by atoms with Gasteiger partial charge >= 0.3 is 0 Å². The smallest absolute Gasteiger partial charge is 0.193 e. The van der Waals surface area contributed by atoms with Crippen LogP contribution in [0.15, 0.2) is 59.6 Å². The van der Waals surface area contributed by atoms with E-state index in [0.29, 0.717) is 25.7 Å². The molecular formula is C19H22FN3O. The predicted octanol–water partition coefficient (Wildman–Crippen LogP) is 3.30. The average Bonchev–Trinajstić information content (AvgIpc) is 2.62. The molecule has 126 valence electrons. The molecule has 0 spiro atoms. The molecule has 2 aromatic rings. The first kappa shape index (κ1) is 16.5. The van der Waals surface area contributed by atoms with E-state index in [2.05, 4.69) is 10.3 Å². The molecule has 0 aliphatic carbocycles. The summed E-state index contributed by atoms with van der Waals surface area (Å²) in [7, 11) is 0. The van der Waals surface area contributed by atoms with Gasteiger partial charge in [0.05, 0.1) is 6.54 Å². The molecule has 3 rings (SSSR count). The zero-order chi connectivity index (χ0) is 16.8. The van der Waals surface area contributed by atoms with Crippen LogP contribution in [0, 0.1) is 5.82 Å². The van der Waals surface area contributed by atoms with Crippen molar-refractivity contribution in [3.05, 3.63) is 66.0 Å². The van der Waals surface area contributed by atoms with Gasteiger partial charge in [0.25, 0.3) is 0 Å². The highest BCUT2D eigenvalue weighted by Gasteiger charge is 2.34. The molecule has 0 bridgehead atoms. The van der Waals surface area contributed by atoms with Crippen LogP contribution < -0.4 is 11.1 Å². The Balaban J connectivity index is 1.77. The first-order valence-corrected chi connectivity index (χ1v) is 8.14. The number of hydrogen-bond donors (Lipinski definition) is 2. The van der Waals surface area contributed by atoms with Gasteiger partial charge in [-0.15, -0.1) is 0 Å². The van der Waals surface area contributed by atoms with Crippen molar-refractivity contribution in [1.82, 2.24) is 0 Å². The molecule has 1 saturated heterocycles. The van der Waals surface area contributed by atoms with Crippen molar-refractivity contribution in [2.24, 2.45) is 10.7 Å². The van der Waals surface area contributed by atoms with E-state index in [9.17, 15) is 4.39 Å². The maximum Gasteiger partial charge on any atom is 0.193 e. The lowest BCUT2D eigenvalue weighted by Crippen LogP contribution is -2.38. The molecular weight excluding hydrogens is 305 g/mol. The molecule has 0 aromatic heterocycles. The van der Waals surface area contributed by atoms with Crippen molar-refractivity contribution < 1.29 is 9.13 Å². The fourth-order valence-corrected chi connectivity index (χ4v) is 3.05. The number of aliphatic imine (C=N–C) groups is 1. The molecule has 2 aromatic carbocycles. The summed E-state index contributed by atoms with van der Waals surface area (Å²) in [5.74, 6) is 0.156. The Kier molecular flexibility index (Phi) is 5.11. The summed E-state index contributed by atoms with van der Waals surface area (Å²) in [6.07, 6.45) is 1.70. The minimum absolute atomic E-state index is 0.158. The van der Waals surface area contributed by atoms with Gasteiger partial charge in [0.15, 0.2) is 5.96 Å². The third-order valence-corrected chi connectivity index (χ3v) is 4.50. The largest absolute Gasteiger partial charge is 0.381 e. The third-order valence-electron chi connectivity index (χ3n) is 4.50. The standard InChI is InChI=1S/C19H22FN3O/c20-16-8-6-15(7-9-16)19(10-12-24-13-11-19)14-22-18(21)23-17-4-2-1-3-5-17/h1-9H,10-14H2,(H3,21,22,23). The van der Waals surface area contributed by atoms with E-state index in [1.165, 1.54) is 12.1 Å². The molecule has 4 nitrogen and oxygen atoms in total. The SMILES string of the molecule is NC(=NCC1(c2ccc(F)cc2)CCOCC1)Nc1ccccc1. The fourth-order valence-electron chi connectivity index (χ4n) is 3.05. The van der Waals surface area contributed by atoms with Crippen molar-refractivity contribution >= 4 is 11.6 Å². The number of guanidine groups is 1. The van der Waals surface area contributed by atoms with E-state index >= 15 is 0 Å². The summed E-state index contributed by atoms with van der Waals surface area (Å²) < 4.78 is 18.8. The Morgan fingerprint density at radius 1 is 1.08 bits per heavy atom. The Labute approximate surface area is 141 Å². The Morgan fingerprint density at radius 3 is 2.42 bits per heavy atom. The molecule has 0 amide bonds. The number of halogens is 1. The molecule has 3 N–H and O–H groups in total. The second kappa shape index (κ2) is 7.45. The number of anilines is 1. The van der Waals surface area contributed by atoms with Crippen molar-refractivity contribution in [3.8, 4) is 0 Å². The molecule has 0 radical (unpaired) electrons. The first-order valence-electron chi connectivity index (χ1n) is 8.14. The van der Waals surface area contributed by atoms with Crippen LogP contribution >= 0.6 is 0 Å². The number of para-hydroxylation sites is 1. The quantitative estimate of drug-likeness (QED) is 0.669. The van der Waals surface area contributed by atoms with Crippen molar-refractivity contribution in [2.75, 3.05) is 25.1 Å². The zero-order valence-corrected chi connectivity index (χ0v) is 13.5. The van der Waals surface area contributed by atoms with Crippen molar-refractivity contribution in [3.63, 3.8) is 0 Å². The van der Waals surface area contributed by atoms with E-state index < -0.39 is 0 Å². The highest BCUT2D eigenvalue weighted by atomic mass is 19.1. The summed E-state index contributed by atoms with van der Waals surface area (Å²) >= 11 is 0. The van der Waals surface area contributed by atoms with Crippen molar-refractivity contribution in [1.29, 1.82) is 0 Å². The number of nitrogens with two attached hydrogens (primary N) is 1. The van der Waals surface area contributed by atoms with Gasteiger partial charge in [-0.25, -0.2) is 4.39 Å². The van der Waals surface area contributed by atoms with Gasteiger partial charge in [-0.2, -0.15) is 0 Å². The van der Waals surface area contributed by atoms with E-state index in [0.717, 1.165) is 24.1 Å². The molecule has 24 heavy (non-hydrogen) atoms. The van der Waals surface area contributed by atoms with E-state index in [-0.39, 0.29) is 11.2 Å². The predicted molar refractivity (Wildman–Crippen MR) is 94.7 cm³/mol. The topological polar surface area (TPSA) is 59.6 Å². The number of nitrogens with one attached hydrogen (secondary N) is 1. The first-order chi connectivity index (χ1) is 11.7. The van der Waals surface area contributed by atoms with Crippen molar-refractivity contribution in [2.45, 2.75) is 18.3 Å². The van der Waals surface area contributed by atoms with Crippen LogP contribution in [0.4, 0.5) is 10.1 Å². The molecule has 1 aliphatic heterocycles. The van der Waals surface area contributed by atoms with Crippen LogP contribution in [0.5, 0.6) is 0 Å². The van der Waals surface area contributed by atoms with Gasteiger partial charge in [0.2, 0.25) is 0 Å². The molecule has 1 fully saturated rings. The number of benzene rings is 2. The Hall–Kier alpha value is -2.40. The van der Waals surface area contributed by atoms with Crippen LogP contribution in [-0.2, 0) is 10.2 Å². The lowest BCUT2D eigenvalue weighted by atomic mass is 9.74. The van der Waals surface area contributed by atoms with Crippen LogP contribution in [0.2, 0.25) is 0 Å². The fraction of sp³-hybridized carbons (Fsp3) is 0.316.